The zero-order valence-electron chi connectivity index (χ0n) is 13.0. The molecule has 2 aliphatic rings. The molecule has 1 fully saturated rings. The Balaban J connectivity index is 1.60. The van der Waals surface area contributed by atoms with E-state index in [1.165, 1.54) is 5.56 Å². The first-order valence-corrected chi connectivity index (χ1v) is 8.07. The van der Waals surface area contributed by atoms with Crippen LogP contribution in [0.15, 0.2) is 24.3 Å². The Morgan fingerprint density at radius 3 is 3.14 bits per heavy atom. The lowest BCUT2D eigenvalue weighted by Gasteiger charge is -2.33. The second kappa shape index (κ2) is 6.57. The number of urea groups is 1. The van der Waals surface area contributed by atoms with Crippen molar-refractivity contribution in [2.75, 3.05) is 26.3 Å². The number of aliphatic hydroxyl groups excluding tert-OH is 1. The Labute approximate surface area is 131 Å². The third-order valence-corrected chi connectivity index (χ3v) is 4.76. The van der Waals surface area contributed by atoms with Gasteiger partial charge in [0.25, 0.3) is 0 Å². The van der Waals surface area contributed by atoms with Gasteiger partial charge in [0.2, 0.25) is 0 Å². The molecule has 1 aromatic carbocycles. The zero-order valence-corrected chi connectivity index (χ0v) is 13.0. The summed E-state index contributed by atoms with van der Waals surface area (Å²) in [5, 5.41) is 12.4. The molecule has 5 nitrogen and oxygen atoms in total. The number of benzene rings is 1. The third-order valence-electron chi connectivity index (χ3n) is 4.76. The van der Waals surface area contributed by atoms with E-state index in [9.17, 15) is 9.90 Å². The summed E-state index contributed by atoms with van der Waals surface area (Å²) >= 11 is 0. The summed E-state index contributed by atoms with van der Waals surface area (Å²) in [6, 6.07) is 8.00. The maximum atomic E-state index is 12.4. The van der Waals surface area contributed by atoms with Crippen LogP contribution in [-0.4, -0.2) is 48.4 Å². The Morgan fingerprint density at radius 2 is 2.32 bits per heavy atom. The van der Waals surface area contributed by atoms with E-state index in [-0.39, 0.29) is 30.5 Å². The van der Waals surface area contributed by atoms with Crippen LogP contribution in [0.5, 0.6) is 5.75 Å². The average molecular weight is 304 g/mol. The highest BCUT2D eigenvalue weighted by Gasteiger charge is 2.31. The summed E-state index contributed by atoms with van der Waals surface area (Å²) in [6.45, 7) is 4.21. The van der Waals surface area contributed by atoms with Gasteiger partial charge in [0.1, 0.15) is 5.75 Å². The van der Waals surface area contributed by atoms with Crippen LogP contribution >= 0.6 is 0 Å². The number of carbonyl (C=O) groups is 1. The van der Waals surface area contributed by atoms with Gasteiger partial charge in [-0.1, -0.05) is 18.2 Å². The Morgan fingerprint density at radius 1 is 1.50 bits per heavy atom. The molecule has 120 valence electrons. The Kier molecular flexibility index (Phi) is 4.52. The van der Waals surface area contributed by atoms with Crippen molar-refractivity contribution in [3.8, 4) is 5.75 Å². The molecule has 0 saturated carbocycles. The van der Waals surface area contributed by atoms with Crippen LogP contribution in [0.2, 0.25) is 0 Å². The van der Waals surface area contributed by atoms with Crippen LogP contribution in [0.4, 0.5) is 4.79 Å². The average Bonchev–Trinajstić information content (AvgIpc) is 2.99. The number of hydrogen-bond acceptors (Lipinski definition) is 3. The van der Waals surface area contributed by atoms with Gasteiger partial charge in [-0.25, -0.2) is 4.79 Å². The number of hydrogen-bond donors (Lipinski definition) is 2. The molecule has 3 atom stereocenters. The molecule has 5 heteroatoms. The Hall–Kier alpha value is -1.75. The third kappa shape index (κ3) is 3.04. The van der Waals surface area contributed by atoms with Crippen LogP contribution in [0, 0.1) is 5.92 Å². The van der Waals surface area contributed by atoms with E-state index in [0.717, 1.165) is 25.1 Å². The van der Waals surface area contributed by atoms with Gasteiger partial charge in [0.15, 0.2) is 0 Å². The van der Waals surface area contributed by atoms with Crippen molar-refractivity contribution in [2.45, 2.75) is 31.7 Å². The van der Waals surface area contributed by atoms with Gasteiger partial charge in [0.05, 0.1) is 6.61 Å². The van der Waals surface area contributed by atoms with Gasteiger partial charge in [-0.05, 0) is 31.7 Å². The van der Waals surface area contributed by atoms with E-state index in [0.29, 0.717) is 13.2 Å². The number of likely N-dealkylation sites (tertiary alicyclic amines) is 1. The summed E-state index contributed by atoms with van der Waals surface area (Å²) in [4.78, 5) is 14.3. The van der Waals surface area contributed by atoms with E-state index in [4.69, 9.17) is 4.74 Å². The highest BCUT2D eigenvalue weighted by Crippen LogP contribution is 2.35. The first-order chi connectivity index (χ1) is 10.7. The van der Waals surface area contributed by atoms with Crippen molar-refractivity contribution >= 4 is 6.03 Å². The number of carbonyl (C=O) groups excluding carboxylic acids is 1. The number of amides is 2. The van der Waals surface area contributed by atoms with Crippen molar-refractivity contribution in [1.82, 2.24) is 10.2 Å². The van der Waals surface area contributed by atoms with Crippen LogP contribution in [-0.2, 0) is 0 Å². The van der Waals surface area contributed by atoms with Gasteiger partial charge in [-0.3, -0.25) is 0 Å². The highest BCUT2D eigenvalue weighted by molar-refractivity contribution is 5.74. The minimum Gasteiger partial charge on any atom is -0.493 e. The largest absolute Gasteiger partial charge is 0.493 e. The van der Waals surface area contributed by atoms with Crippen molar-refractivity contribution in [3.05, 3.63) is 29.8 Å². The number of aliphatic hydroxyl groups is 1. The molecule has 22 heavy (non-hydrogen) atoms. The molecular weight excluding hydrogens is 280 g/mol. The molecule has 2 aliphatic heterocycles. The molecule has 3 unspecified atom stereocenters. The standard InChI is InChI=1S/C17H24N2O3/c1-12(15-11-22-16-7-3-2-6-14(15)16)18-17(21)19-8-4-5-13(9-19)10-20/h2-3,6-7,12-13,15,20H,4-5,8-11H2,1H3,(H,18,21). The SMILES string of the molecule is CC(NC(=O)N1CCCC(CO)C1)C1COc2ccccc21. The topological polar surface area (TPSA) is 61.8 Å². The van der Waals surface area contributed by atoms with Crippen molar-refractivity contribution < 1.29 is 14.6 Å². The van der Waals surface area contributed by atoms with Crippen molar-refractivity contribution in [2.24, 2.45) is 5.92 Å². The molecule has 0 aliphatic carbocycles. The molecule has 2 amide bonds. The first-order valence-electron chi connectivity index (χ1n) is 8.07. The van der Waals surface area contributed by atoms with Crippen LogP contribution in [0.3, 0.4) is 0 Å². The first kappa shape index (κ1) is 15.2. The lowest BCUT2D eigenvalue weighted by Crippen LogP contribution is -2.49. The fourth-order valence-electron chi connectivity index (χ4n) is 3.39. The molecule has 2 heterocycles. The zero-order chi connectivity index (χ0) is 15.5. The minimum atomic E-state index is -0.0324. The number of rotatable bonds is 3. The van der Waals surface area contributed by atoms with E-state index >= 15 is 0 Å². The van der Waals surface area contributed by atoms with Gasteiger partial charge in [-0.2, -0.15) is 0 Å². The maximum Gasteiger partial charge on any atom is 0.317 e. The van der Waals surface area contributed by atoms with Gasteiger partial charge in [-0.15, -0.1) is 0 Å². The minimum absolute atomic E-state index is 0.0191. The van der Waals surface area contributed by atoms with E-state index in [2.05, 4.69) is 11.4 Å². The van der Waals surface area contributed by atoms with Crippen LogP contribution < -0.4 is 10.1 Å². The van der Waals surface area contributed by atoms with E-state index < -0.39 is 0 Å². The summed E-state index contributed by atoms with van der Waals surface area (Å²) in [7, 11) is 0. The molecule has 0 spiro atoms. The van der Waals surface area contributed by atoms with Crippen molar-refractivity contribution in [1.29, 1.82) is 0 Å². The number of nitrogens with one attached hydrogen (secondary N) is 1. The molecular formula is C17H24N2O3. The fraction of sp³-hybridized carbons (Fsp3) is 0.588. The number of fused-ring (bicyclic) bond motifs is 1. The number of piperidine rings is 1. The van der Waals surface area contributed by atoms with Crippen LogP contribution in [0.25, 0.3) is 0 Å². The smallest absolute Gasteiger partial charge is 0.317 e. The van der Waals surface area contributed by atoms with E-state index in [1.807, 2.05) is 30.0 Å². The lowest BCUT2D eigenvalue weighted by molar-refractivity contribution is 0.127. The van der Waals surface area contributed by atoms with Gasteiger partial charge in [0, 0.05) is 37.2 Å². The molecule has 1 saturated heterocycles. The summed E-state index contributed by atoms with van der Waals surface area (Å²) in [6.07, 6.45) is 1.96. The van der Waals surface area contributed by atoms with Gasteiger partial charge < -0.3 is 20.1 Å². The second-order valence-corrected chi connectivity index (χ2v) is 6.33. The summed E-state index contributed by atoms with van der Waals surface area (Å²) < 4.78 is 5.70. The summed E-state index contributed by atoms with van der Waals surface area (Å²) in [5.41, 5.74) is 1.17. The molecule has 0 aromatic heterocycles. The molecule has 0 radical (unpaired) electrons. The lowest BCUT2D eigenvalue weighted by atomic mass is 9.94. The molecule has 2 N–H and O–H groups in total. The fourth-order valence-corrected chi connectivity index (χ4v) is 3.39. The Bertz CT molecular complexity index is 534. The monoisotopic (exact) mass is 304 g/mol. The normalized spacial score (nSPS) is 25.3. The molecule has 1 aromatic rings. The van der Waals surface area contributed by atoms with Gasteiger partial charge >= 0.3 is 6.03 Å². The maximum absolute atomic E-state index is 12.4. The number of para-hydroxylation sites is 1. The molecule has 0 bridgehead atoms. The predicted molar refractivity (Wildman–Crippen MR) is 84.1 cm³/mol. The van der Waals surface area contributed by atoms with Crippen LogP contribution in [0.1, 0.15) is 31.2 Å². The van der Waals surface area contributed by atoms with Crippen molar-refractivity contribution in [3.63, 3.8) is 0 Å². The number of nitrogens with zero attached hydrogens (tertiary/aromatic N) is 1. The second-order valence-electron chi connectivity index (χ2n) is 6.33. The number of ether oxygens (including phenoxy) is 1. The predicted octanol–water partition coefficient (Wildman–Crippen LogP) is 1.97. The molecule has 3 rings (SSSR count). The highest BCUT2D eigenvalue weighted by atomic mass is 16.5. The summed E-state index contributed by atoms with van der Waals surface area (Å²) in [5.74, 6) is 1.33. The quantitative estimate of drug-likeness (QED) is 0.897. The van der Waals surface area contributed by atoms with E-state index in [1.54, 1.807) is 0 Å².